The highest BCUT2D eigenvalue weighted by atomic mass is 16.3. The predicted octanol–water partition coefficient (Wildman–Crippen LogP) is 2.34. The van der Waals surface area contributed by atoms with Gasteiger partial charge >= 0.3 is 0 Å². The van der Waals surface area contributed by atoms with Crippen LogP contribution in [0.5, 0.6) is 0 Å². The smallest absolute Gasteiger partial charge is 0.0793 e. The Morgan fingerprint density at radius 3 is 2.37 bits per heavy atom. The van der Waals surface area contributed by atoms with Crippen molar-refractivity contribution < 1.29 is 5.11 Å². The van der Waals surface area contributed by atoms with Gasteiger partial charge in [0.05, 0.1) is 6.10 Å². The van der Waals surface area contributed by atoms with Gasteiger partial charge in [0.15, 0.2) is 0 Å². The van der Waals surface area contributed by atoms with Crippen molar-refractivity contribution in [3.63, 3.8) is 0 Å². The third kappa shape index (κ3) is 4.73. The van der Waals surface area contributed by atoms with E-state index < -0.39 is 0 Å². The minimum absolute atomic E-state index is 0.172. The van der Waals surface area contributed by atoms with Crippen molar-refractivity contribution in [2.75, 3.05) is 32.7 Å². The van der Waals surface area contributed by atoms with Gasteiger partial charge in [-0.05, 0) is 51.2 Å². The maximum atomic E-state index is 10.3. The molecule has 1 saturated carbocycles. The molecule has 0 aromatic carbocycles. The van der Waals surface area contributed by atoms with Crippen molar-refractivity contribution in [1.29, 1.82) is 0 Å². The van der Waals surface area contributed by atoms with Crippen molar-refractivity contribution in [1.82, 2.24) is 9.80 Å². The molecule has 2 rings (SSSR count). The fourth-order valence-electron chi connectivity index (χ4n) is 3.68. The molecule has 1 aliphatic carbocycles. The summed E-state index contributed by atoms with van der Waals surface area (Å²) >= 11 is 0. The second-order valence-corrected chi connectivity index (χ2v) is 6.66. The maximum Gasteiger partial charge on any atom is 0.0793 e. The number of piperidine rings is 1. The quantitative estimate of drug-likeness (QED) is 0.801. The molecular formula is C16H32N2O. The zero-order valence-corrected chi connectivity index (χ0v) is 12.9. The summed E-state index contributed by atoms with van der Waals surface area (Å²) in [5.74, 6) is 0.874. The van der Waals surface area contributed by atoms with E-state index in [2.05, 4.69) is 23.6 Å². The molecule has 1 unspecified atom stereocenters. The fraction of sp³-hybridized carbons (Fsp3) is 1.00. The lowest BCUT2D eigenvalue weighted by Gasteiger charge is -2.34. The van der Waals surface area contributed by atoms with Gasteiger partial charge in [0, 0.05) is 19.1 Å². The number of hydrogen-bond donors (Lipinski definition) is 1. The van der Waals surface area contributed by atoms with Crippen LogP contribution in [0.3, 0.4) is 0 Å². The van der Waals surface area contributed by atoms with Gasteiger partial charge in [-0.25, -0.2) is 0 Å². The van der Waals surface area contributed by atoms with Crippen LogP contribution in [0.15, 0.2) is 0 Å². The molecular weight excluding hydrogens is 236 g/mol. The van der Waals surface area contributed by atoms with E-state index in [-0.39, 0.29) is 6.10 Å². The highest BCUT2D eigenvalue weighted by Crippen LogP contribution is 2.23. The van der Waals surface area contributed by atoms with Gasteiger partial charge in [0.1, 0.15) is 0 Å². The van der Waals surface area contributed by atoms with E-state index in [0.29, 0.717) is 0 Å². The number of hydrogen-bond acceptors (Lipinski definition) is 3. The van der Waals surface area contributed by atoms with Crippen molar-refractivity contribution >= 4 is 0 Å². The number of β-amino-alcohol motifs (C(OH)–C–C–N with tert-alkyl or cyclic N) is 1. The average molecular weight is 268 g/mol. The van der Waals surface area contributed by atoms with Gasteiger partial charge in [-0.2, -0.15) is 0 Å². The molecule has 3 heteroatoms. The monoisotopic (exact) mass is 268 g/mol. The second-order valence-electron chi connectivity index (χ2n) is 6.66. The van der Waals surface area contributed by atoms with Crippen LogP contribution in [0.1, 0.15) is 52.4 Å². The topological polar surface area (TPSA) is 26.7 Å². The van der Waals surface area contributed by atoms with Crippen LogP contribution in [0, 0.1) is 5.92 Å². The first-order chi connectivity index (χ1) is 9.19. The highest BCUT2D eigenvalue weighted by molar-refractivity contribution is 4.80. The van der Waals surface area contributed by atoms with E-state index in [9.17, 15) is 5.11 Å². The molecule has 1 saturated heterocycles. The van der Waals surface area contributed by atoms with Crippen molar-refractivity contribution in [3.05, 3.63) is 0 Å². The van der Waals surface area contributed by atoms with Crippen molar-refractivity contribution in [3.8, 4) is 0 Å². The van der Waals surface area contributed by atoms with Crippen molar-refractivity contribution in [2.45, 2.75) is 64.5 Å². The molecule has 0 spiro atoms. The molecule has 112 valence electrons. The van der Waals surface area contributed by atoms with Gasteiger partial charge in [0.2, 0.25) is 0 Å². The number of rotatable bonds is 6. The van der Waals surface area contributed by atoms with Crippen LogP contribution < -0.4 is 0 Å². The first kappa shape index (κ1) is 15.3. The number of aliphatic hydroxyl groups is 1. The standard InChI is InChI=1S/C16H32N2O/c1-3-18(15-6-4-5-7-15)13-16(19)12-17-10-8-14(2)9-11-17/h14-16,19H,3-13H2,1-2H3. The molecule has 3 nitrogen and oxygen atoms in total. The maximum absolute atomic E-state index is 10.3. The van der Waals surface area contributed by atoms with Crippen LogP contribution in [-0.2, 0) is 0 Å². The summed E-state index contributed by atoms with van der Waals surface area (Å²) in [6.45, 7) is 9.74. The molecule has 2 aliphatic rings. The average Bonchev–Trinajstić information content (AvgIpc) is 2.92. The Labute approximate surface area is 119 Å². The Balaban J connectivity index is 1.71. The molecule has 2 fully saturated rings. The minimum Gasteiger partial charge on any atom is -0.390 e. The zero-order valence-electron chi connectivity index (χ0n) is 12.9. The first-order valence-electron chi connectivity index (χ1n) is 8.33. The third-order valence-corrected chi connectivity index (χ3v) is 5.04. The highest BCUT2D eigenvalue weighted by Gasteiger charge is 2.24. The van der Waals surface area contributed by atoms with Crippen LogP contribution in [0.2, 0.25) is 0 Å². The molecule has 1 heterocycles. The van der Waals surface area contributed by atoms with Gasteiger partial charge in [0.25, 0.3) is 0 Å². The number of aliphatic hydroxyl groups excluding tert-OH is 1. The molecule has 0 bridgehead atoms. The first-order valence-corrected chi connectivity index (χ1v) is 8.33. The normalized spacial score (nSPS) is 25.3. The number of likely N-dealkylation sites (tertiary alicyclic amines) is 1. The van der Waals surface area contributed by atoms with Gasteiger partial charge in [-0.15, -0.1) is 0 Å². The van der Waals surface area contributed by atoms with Gasteiger partial charge in [-0.3, -0.25) is 4.90 Å². The van der Waals surface area contributed by atoms with E-state index in [1.54, 1.807) is 0 Å². The summed E-state index contributed by atoms with van der Waals surface area (Å²) < 4.78 is 0. The van der Waals surface area contributed by atoms with Crippen LogP contribution in [-0.4, -0.2) is 59.8 Å². The third-order valence-electron chi connectivity index (χ3n) is 5.04. The Morgan fingerprint density at radius 2 is 1.79 bits per heavy atom. The summed E-state index contributed by atoms with van der Waals surface area (Å²) in [6, 6.07) is 0.737. The van der Waals surface area contributed by atoms with E-state index in [0.717, 1.165) is 31.6 Å². The predicted molar refractivity (Wildman–Crippen MR) is 80.3 cm³/mol. The molecule has 1 N–H and O–H groups in total. The van der Waals surface area contributed by atoms with Gasteiger partial charge < -0.3 is 10.0 Å². The van der Waals surface area contributed by atoms with E-state index in [1.165, 1.54) is 51.6 Å². The lowest BCUT2D eigenvalue weighted by molar-refractivity contribution is 0.0503. The van der Waals surface area contributed by atoms with Crippen molar-refractivity contribution in [2.24, 2.45) is 5.92 Å². The molecule has 1 aliphatic heterocycles. The largest absolute Gasteiger partial charge is 0.390 e. The Bertz CT molecular complexity index is 245. The zero-order chi connectivity index (χ0) is 13.7. The lowest BCUT2D eigenvalue weighted by Crippen LogP contribution is -2.45. The van der Waals surface area contributed by atoms with E-state index >= 15 is 0 Å². The Hall–Kier alpha value is -0.120. The van der Waals surface area contributed by atoms with Crippen LogP contribution in [0.25, 0.3) is 0 Å². The van der Waals surface area contributed by atoms with Crippen LogP contribution >= 0.6 is 0 Å². The summed E-state index contributed by atoms with van der Waals surface area (Å²) in [5, 5.41) is 10.3. The Kier molecular flexibility index (Phi) is 6.11. The fourth-order valence-corrected chi connectivity index (χ4v) is 3.68. The molecule has 0 radical (unpaired) electrons. The summed E-state index contributed by atoms with van der Waals surface area (Å²) in [6.07, 6.45) is 7.85. The molecule has 0 amide bonds. The van der Waals surface area contributed by atoms with E-state index in [4.69, 9.17) is 0 Å². The molecule has 0 aromatic heterocycles. The SMILES string of the molecule is CCN(CC(O)CN1CCC(C)CC1)C1CCCC1. The molecule has 19 heavy (non-hydrogen) atoms. The number of nitrogens with zero attached hydrogens (tertiary/aromatic N) is 2. The Morgan fingerprint density at radius 1 is 1.16 bits per heavy atom. The molecule has 1 atom stereocenters. The van der Waals surface area contributed by atoms with Gasteiger partial charge in [-0.1, -0.05) is 26.7 Å². The van der Waals surface area contributed by atoms with E-state index in [1.807, 2.05) is 0 Å². The lowest BCUT2D eigenvalue weighted by atomic mass is 9.99. The summed E-state index contributed by atoms with van der Waals surface area (Å²) in [5.41, 5.74) is 0. The molecule has 0 aromatic rings. The summed E-state index contributed by atoms with van der Waals surface area (Å²) in [7, 11) is 0. The minimum atomic E-state index is -0.172. The second kappa shape index (κ2) is 7.61. The number of likely N-dealkylation sites (N-methyl/N-ethyl adjacent to an activating group) is 1. The summed E-state index contributed by atoms with van der Waals surface area (Å²) in [4.78, 5) is 4.96. The van der Waals surface area contributed by atoms with Crippen LogP contribution in [0.4, 0.5) is 0 Å².